The van der Waals surface area contributed by atoms with Crippen LogP contribution in [0.2, 0.25) is 0 Å². The van der Waals surface area contributed by atoms with E-state index in [2.05, 4.69) is 25.2 Å². The van der Waals surface area contributed by atoms with Gasteiger partial charge in [-0.2, -0.15) is 0 Å². The van der Waals surface area contributed by atoms with Gasteiger partial charge in [-0.3, -0.25) is 4.79 Å². The minimum Gasteiger partial charge on any atom is -0.355 e. The Morgan fingerprint density at radius 3 is 2.92 bits per heavy atom. The van der Waals surface area contributed by atoms with Crippen molar-refractivity contribution in [2.24, 2.45) is 11.8 Å². The third-order valence-corrected chi connectivity index (χ3v) is 2.28. The van der Waals surface area contributed by atoms with Gasteiger partial charge in [-0.1, -0.05) is 26.0 Å². The van der Waals surface area contributed by atoms with E-state index in [1.54, 1.807) is 0 Å². The maximum atomic E-state index is 11.5. The molecular formula is C11H19NO. The predicted molar refractivity (Wildman–Crippen MR) is 54.3 cm³/mol. The summed E-state index contributed by atoms with van der Waals surface area (Å²) in [6.45, 7) is 5.01. The number of hydrogen-bond acceptors (Lipinski definition) is 1. The lowest BCUT2D eigenvalue weighted by atomic mass is 9.95. The fourth-order valence-electron chi connectivity index (χ4n) is 1.47. The number of amides is 1. The van der Waals surface area contributed by atoms with E-state index in [1.807, 2.05) is 6.08 Å². The van der Waals surface area contributed by atoms with E-state index in [0.29, 0.717) is 5.92 Å². The van der Waals surface area contributed by atoms with Gasteiger partial charge in [0, 0.05) is 6.54 Å². The van der Waals surface area contributed by atoms with Crippen LogP contribution >= 0.6 is 0 Å². The van der Waals surface area contributed by atoms with Crippen LogP contribution in [0.1, 0.15) is 33.1 Å². The van der Waals surface area contributed by atoms with Crippen LogP contribution in [0.5, 0.6) is 0 Å². The van der Waals surface area contributed by atoms with Crippen molar-refractivity contribution in [3.8, 4) is 0 Å². The minimum absolute atomic E-state index is 0.132. The molecule has 1 amide bonds. The van der Waals surface area contributed by atoms with Crippen molar-refractivity contribution >= 4 is 5.91 Å². The fourth-order valence-corrected chi connectivity index (χ4v) is 1.47. The van der Waals surface area contributed by atoms with Gasteiger partial charge in [0.25, 0.3) is 0 Å². The van der Waals surface area contributed by atoms with Gasteiger partial charge in [-0.25, -0.2) is 0 Å². The molecule has 13 heavy (non-hydrogen) atoms. The fraction of sp³-hybridized carbons (Fsp3) is 0.727. The molecule has 0 spiro atoms. The molecule has 1 N–H and O–H groups in total. The highest BCUT2D eigenvalue weighted by Gasteiger charge is 2.16. The quantitative estimate of drug-likeness (QED) is 0.664. The zero-order chi connectivity index (χ0) is 9.68. The van der Waals surface area contributed by atoms with Crippen LogP contribution in [0.25, 0.3) is 0 Å². The summed E-state index contributed by atoms with van der Waals surface area (Å²) in [4.78, 5) is 11.5. The molecule has 0 bridgehead atoms. The number of nitrogens with one attached hydrogen (secondary N) is 1. The van der Waals surface area contributed by atoms with Crippen LogP contribution in [0.3, 0.4) is 0 Å². The topological polar surface area (TPSA) is 29.1 Å². The molecule has 2 nitrogen and oxygen atoms in total. The molecule has 74 valence electrons. The Kier molecular flexibility index (Phi) is 4.00. The number of hydrogen-bond donors (Lipinski definition) is 1. The lowest BCUT2D eigenvalue weighted by molar-refractivity contribution is -0.124. The van der Waals surface area contributed by atoms with Crippen molar-refractivity contribution in [3.63, 3.8) is 0 Å². The molecule has 0 aliphatic heterocycles. The highest BCUT2D eigenvalue weighted by Crippen LogP contribution is 2.16. The van der Waals surface area contributed by atoms with Crippen LogP contribution < -0.4 is 5.32 Å². The van der Waals surface area contributed by atoms with Gasteiger partial charge in [-0.05, 0) is 25.2 Å². The molecule has 0 saturated carbocycles. The SMILES string of the molecule is CC(C)CNC(=O)C1C=CCCC1. The van der Waals surface area contributed by atoms with Gasteiger partial charge in [0.05, 0.1) is 5.92 Å². The first-order valence-electron chi connectivity index (χ1n) is 5.14. The van der Waals surface area contributed by atoms with Gasteiger partial charge >= 0.3 is 0 Å². The maximum Gasteiger partial charge on any atom is 0.226 e. The molecule has 0 aromatic rings. The first-order valence-corrected chi connectivity index (χ1v) is 5.14. The lowest BCUT2D eigenvalue weighted by Crippen LogP contribution is -2.33. The second-order valence-corrected chi connectivity index (χ2v) is 4.10. The standard InChI is InChI=1S/C11H19NO/c1-9(2)8-12-11(13)10-6-4-3-5-7-10/h4,6,9-10H,3,5,7-8H2,1-2H3,(H,12,13). The molecule has 0 saturated heterocycles. The average Bonchev–Trinajstić information content (AvgIpc) is 2.15. The maximum absolute atomic E-state index is 11.5. The second-order valence-electron chi connectivity index (χ2n) is 4.10. The van der Waals surface area contributed by atoms with Gasteiger partial charge in [0.2, 0.25) is 5.91 Å². The zero-order valence-electron chi connectivity index (χ0n) is 8.55. The van der Waals surface area contributed by atoms with Crippen molar-refractivity contribution in [2.45, 2.75) is 33.1 Å². The van der Waals surface area contributed by atoms with Crippen LogP contribution in [-0.4, -0.2) is 12.5 Å². The Morgan fingerprint density at radius 2 is 2.38 bits per heavy atom. The lowest BCUT2D eigenvalue weighted by Gasteiger charge is -2.16. The van der Waals surface area contributed by atoms with Crippen LogP contribution in [0.4, 0.5) is 0 Å². The first-order chi connectivity index (χ1) is 6.20. The number of allylic oxidation sites excluding steroid dienone is 1. The Hall–Kier alpha value is -0.790. The van der Waals surface area contributed by atoms with Gasteiger partial charge < -0.3 is 5.32 Å². The molecule has 1 atom stereocenters. The number of carbonyl (C=O) groups is 1. The van der Waals surface area contributed by atoms with Crippen LogP contribution in [-0.2, 0) is 4.79 Å². The molecule has 0 fully saturated rings. The van der Waals surface area contributed by atoms with E-state index in [4.69, 9.17) is 0 Å². The Balaban J connectivity index is 2.30. The average molecular weight is 181 g/mol. The molecule has 0 aromatic carbocycles. The van der Waals surface area contributed by atoms with E-state index >= 15 is 0 Å². The highest BCUT2D eigenvalue weighted by atomic mass is 16.1. The Labute approximate surface area is 80.4 Å². The van der Waals surface area contributed by atoms with Crippen LogP contribution in [0, 0.1) is 11.8 Å². The van der Waals surface area contributed by atoms with E-state index in [-0.39, 0.29) is 11.8 Å². The molecule has 0 aromatic heterocycles. The van der Waals surface area contributed by atoms with Crippen molar-refractivity contribution in [1.82, 2.24) is 5.32 Å². The van der Waals surface area contributed by atoms with E-state index in [9.17, 15) is 4.79 Å². The largest absolute Gasteiger partial charge is 0.355 e. The summed E-state index contributed by atoms with van der Waals surface area (Å²) in [5.41, 5.74) is 0. The smallest absolute Gasteiger partial charge is 0.226 e. The van der Waals surface area contributed by atoms with Gasteiger partial charge in [-0.15, -0.1) is 0 Å². The summed E-state index contributed by atoms with van der Waals surface area (Å²) in [5, 5.41) is 2.96. The molecule has 0 heterocycles. The van der Waals surface area contributed by atoms with Crippen molar-refractivity contribution in [1.29, 1.82) is 0 Å². The first kappa shape index (κ1) is 10.3. The summed E-state index contributed by atoms with van der Waals surface area (Å²) in [5.74, 6) is 0.869. The monoisotopic (exact) mass is 181 g/mol. The molecule has 1 aliphatic rings. The minimum atomic E-state index is 0.132. The summed E-state index contributed by atoms with van der Waals surface area (Å²) < 4.78 is 0. The van der Waals surface area contributed by atoms with Gasteiger partial charge in [0.15, 0.2) is 0 Å². The normalized spacial score (nSPS) is 21.9. The Bertz CT molecular complexity index is 196. The third kappa shape index (κ3) is 3.62. The molecular weight excluding hydrogens is 162 g/mol. The highest BCUT2D eigenvalue weighted by molar-refractivity contribution is 5.80. The summed E-state index contributed by atoms with van der Waals surface area (Å²) in [7, 11) is 0. The number of carbonyl (C=O) groups excluding carboxylic acids is 1. The number of rotatable bonds is 3. The molecule has 1 aliphatic carbocycles. The summed E-state index contributed by atoms with van der Waals surface area (Å²) in [6.07, 6.45) is 7.45. The molecule has 1 rings (SSSR count). The third-order valence-electron chi connectivity index (χ3n) is 2.28. The van der Waals surface area contributed by atoms with Crippen molar-refractivity contribution < 1.29 is 4.79 Å². The van der Waals surface area contributed by atoms with E-state index in [0.717, 1.165) is 25.8 Å². The molecule has 1 unspecified atom stereocenters. The van der Waals surface area contributed by atoms with Crippen LogP contribution in [0.15, 0.2) is 12.2 Å². The van der Waals surface area contributed by atoms with Crippen molar-refractivity contribution in [2.75, 3.05) is 6.54 Å². The Morgan fingerprint density at radius 1 is 1.62 bits per heavy atom. The van der Waals surface area contributed by atoms with Gasteiger partial charge in [0.1, 0.15) is 0 Å². The van der Waals surface area contributed by atoms with E-state index in [1.165, 1.54) is 0 Å². The van der Waals surface area contributed by atoms with E-state index < -0.39 is 0 Å². The van der Waals surface area contributed by atoms with Crippen molar-refractivity contribution in [3.05, 3.63) is 12.2 Å². The molecule has 2 heteroatoms. The molecule has 0 radical (unpaired) electrons. The zero-order valence-corrected chi connectivity index (χ0v) is 8.55. The predicted octanol–water partition coefficient (Wildman–Crippen LogP) is 2.11. The summed E-state index contributed by atoms with van der Waals surface area (Å²) >= 11 is 0. The second kappa shape index (κ2) is 5.05. The summed E-state index contributed by atoms with van der Waals surface area (Å²) in [6, 6.07) is 0.